The van der Waals surface area contributed by atoms with Gasteiger partial charge in [-0.2, -0.15) is 0 Å². The molecule has 142 valence electrons. The molecular formula is C19H14ClN3O4S. The first-order valence-corrected chi connectivity index (χ1v) is 9.25. The molecule has 1 heterocycles. The Labute approximate surface area is 169 Å². The Morgan fingerprint density at radius 1 is 1.29 bits per heavy atom. The van der Waals surface area contributed by atoms with E-state index >= 15 is 0 Å². The lowest BCUT2D eigenvalue weighted by Crippen LogP contribution is -2.07. The van der Waals surface area contributed by atoms with Crippen molar-refractivity contribution in [3.05, 3.63) is 74.6 Å². The van der Waals surface area contributed by atoms with Crippen LogP contribution < -0.4 is 10.1 Å². The monoisotopic (exact) mass is 415 g/mol. The molecule has 28 heavy (non-hydrogen) atoms. The van der Waals surface area contributed by atoms with Crippen molar-refractivity contribution < 1.29 is 14.5 Å². The average molecular weight is 416 g/mol. The lowest BCUT2D eigenvalue weighted by molar-refractivity contribution is -0.384. The summed E-state index contributed by atoms with van der Waals surface area (Å²) in [6.07, 6.45) is 2.75. The zero-order chi connectivity index (χ0) is 20.1. The van der Waals surface area contributed by atoms with Crippen molar-refractivity contribution in [3.63, 3.8) is 0 Å². The second kappa shape index (κ2) is 8.64. The molecule has 0 saturated heterocycles. The predicted molar refractivity (Wildman–Crippen MR) is 110 cm³/mol. The minimum Gasteiger partial charge on any atom is -0.497 e. The fraction of sp³-hybridized carbons (Fsp3) is 0.0526. The van der Waals surface area contributed by atoms with Gasteiger partial charge in [-0.15, -0.1) is 11.3 Å². The van der Waals surface area contributed by atoms with Gasteiger partial charge in [0.05, 0.1) is 17.7 Å². The summed E-state index contributed by atoms with van der Waals surface area (Å²) in [6, 6.07) is 11.7. The molecule has 0 bridgehead atoms. The number of carbonyl (C=O) groups excluding carboxylic acids is 1. The number of amides is 1. The zero-order valence-corrected chi connectivity index (χ0v) is 16.2. The molecule has 1 aromatic heterocycles. The van der Waals surface area contributed by atoms with Gasteiger partial charge in [0, 0.05) is 23.1 Å². The van der Waals surface area contributed by atoms with E-state index in [1.165, 1.54) is 35.6 Å². The number of nitro benzene ring substituents is 1. The number of aromatic nitrogens is 1. The Balaban J connectivity index is 1.67. The average Bonchev–Trinajstić information content (AvgIpc) is 3.15. The van der Waals surface area contributed by atoms with Crippen molar-refractivity contribution in [1.82, 2.24) is 4.98 Å². The van der Waals surface area contributed by atoms with Gasteiger partial charge in [-0.25, -0.2) is 4.98 Å². The second-order valence-corrected chi connectivity index (χ2v) is 6.82. The fourth-order valence-corrected chi connectivity index (χ4v) is 3.23. The number of nitrogens with one attached hydrogen (secondary N) is 1. The molecule has 0 fully saturated rings. The maximum absolute atomic E-state index is 12.1. The molecule has 7 nitrogen and oxygen atoms in total. The van der Waals surface area contributed by atoms with E-state index in [0.29, 0.717) is 10.7 Å². The van der Waals surface area contributed by atoms with Gasteiger partial charge in [0.15, 0.2) is 5.13 Å². The molecule has 0 radical (unpaired) electrons. The van der Waals surface area contributed by atoms with Gasteiger partial charge in [-0.3, -0.25) is 20.2 Å². The molecule has 0 aliphatic carbocycles. The number of halogens is 1. The maximum Gasteiger partial charge on any atom is 0.288 e. The number of hydrogen-bond acceptors (Lipinski definition) is 6. The van der Waals surface area contributed by atoms with Gasteiger partial charge < -0.3 is 4.74 Å². The van der Waals surface area contributed by atoms with Gasteiger partial charge in [0.25, 0.3) is 5.69 Å². The van der Waals surface area contributed by atoms with E-state index in [1.807, 2.05) is 29.6 Å². The van der Waals surface area contributed by atoms with E-state index < -0.39 is 10.8 Å². The van der Waals surface area contributed by atoms with Gasteiger partial charge in [0.2, 0.25) is 5.91 Å². The zero-order valence-electron chi connectivity index (χ0n) is 14.6. The number of carbonyl (C=O) groups is 1. The number of anilines is 1. The minimum absolute atomic E-state index is 0.0421. The van der Waals surface area contributed by atoms with Crippen molar-refractivity contribution in [3.8, 4) is 17.0 Å². The Hall–Kier alpha value is -3.23. The summed E-state index contributed by atoms with van der Waals surface area (Å²) in [5, 5.41) is 15.9. The van der Waals surface area contributed by atoms with Crippen LogP contribution in [0.1, 0.15) is 5.56 Å². The Morgan fingerprint density at radius 2 is 2.04 bits per heavy atom. The maximum atomic E-state index is 12.1. The van der Waals surface area contributed by atoms with Gasteiger partial charge >= 0.3 is 0 Å². The molecular weight excluding hydrogens is 402 g/mol. The lowest BCUT2D eigenvalue weighted by atomic mass is 10.2. The van der Waals surface area contributed by atoms with Crippen LogP contribution in [0.15, 0.2) is 53.9 Å². The van der Waals surface area contributed by atoms with E-state index in [-0.39, 0.29) is 10.7 Å². The molecule has 2 aromatic carbocycles. The van der Waals surface area contributed by atoms with Crippen LogP contribution in [0.5, 0.6) is 5.75 Å². The summed E-state index contributed by atoms with van der Waals surface area (Å²) in [6.45, 7) is 0. The summed E-state index contributed by atoms with van der Waals surface area (Å²) in [7, 11) is 1.60. The van der Waals surface area contributed by atoms with Crippen LogP contribution >= 0.6 is 22.9 Å². The molecule has 0 saturated carbocycles. The summed E-state index contributed by atoms with van der Waals surface area (Å²) in [5.41, 5.74) is 1.92. The van der Waals surface area contributed by atoms with E-state index in [2.05, 4.69) is 10.3 Å². The van der Waals surface area contributed by atoms with E-state index in [4.69, 9.17) is 16.3 Å². The highest BCUT2D eigenvalue weighted by Crippen LogP contribution is 2.27. The third-order valence-corrected chi connectivity index (χ3v) is 4.79. The number of thiazole rings is 1. The van der Waals surface area contributed by atoms with Crippen LogP contribution in [0, 0.1) is 10.1 Å². The molecule has 0 aliphatic rings. The first-order valence-electron chi connectivity index (χ1n) is 7.99. The molecule has 3 aromatic rings. The van der Waals surface area contributed by atoms with E-state index in [9.17, 15) is 14.9 Å². The standard InChI is InChI=1S/C19H14ClN3O4S/c1-27-14-6-4-13(5-7-14)16-11-28-19(21-16)22-18(24)9-3-12-2-8-15(20)17(10-12)23(25)26/h2-11H,1H3,(H,21,22,24)/b9-3+. The molecule has 0 spiro atoms. The van der Waals surface area contributed by atoms with E-state index in [1.54, 1.807) is 13.2 Å². The number of hydrogen-bond donors (Lipinski definition) is 1. The molecule has 1 N–H and O–H groups in total. The molecule has 9 heteroatoms. The van der Waals surface area contributed by atoms with Crippen molar-refractivity contribution in [2.75, 3.05) is 12.4 Å². The first kappa shape index (κ1) is 19.5. The molecule has 0 unspecified atom stereocenters. The third kappa shape index (κ3) is 4.73. The van der Waals surface area contributed by atoms with Crippen molar-refractivity contribution >= 4 is 45.7 Å². The van der Waals surface area contributed by atoms with Crippen LogP contribution in [0.3, 0.4) is 0 Å². The minimum atomic E-state index is -0.573. The van der Waals surface area contributed by atoms with E-state index in [0.717, 1.165) is 17.0 Å². The Morgan fingerprint density at radius 3 is 2.71 bits per heavy atom. The smallest absolute Gasteiger partial charge is 0.288 e. The van der Waals surface area contributed by atoms with Crippen LogP contribution in [-0.2, 0) is 4.79 Å². The number of nitrogens with zero attached hydrogens (tertiary/aromatic N) is 2. The summed E-state index contributed by atoms with van der Waals surface area (Å²) in [5.74, 6) is 0.355. The van der Waals surface area contributed by atoms with Crippen LogP contribution in [0.25, 0.3) is 17.3 Å². The van der Waals surface area contributed by atoms with Crippen LogP contribution in [0.2, 0.25) is 5.02 Å². The van der Waals surface area contributed by atoms with Crippen molar-refractivity contribution in [2.24, 2.45) is 0 Å². The second-order valence-electron chi connectivity index (χ2n) is 5.56. The van der Waals surface area contributed by atoms with Crippen molar-refractivity contribution in [2.45, 2.75) is 0 Å². The molecule has 0 aliphatic heterocycles. The Kier molecular flexibility index (Phi) is 6.03. The summed E-state index contributed by atoms with van der Waals surface area (Å²) >= 11 is 7.07. The summed E-state index contributed by atoms with van der Waals surface area (Å²) in [4.78, 5) is 26.8. The summed E-state index contributed by atoms with van der Waals surface area (Å²) < 4.78 is 5.13. The normalized spacial score (nSPS) is 10.8. The lowest BCUT2D eigenvalue weighted by Gasteiger charge is -2.00. The number of methoxy groups -OCH3 is 1. The van der Waals surface area contributed by atoms with Gasteiger partial charge in [0.1, 0.15) is 10.8 Å². The highest BCUT2D eigenvalue weighted by molar-refractivity contribution is 7.14. The molecule has 0 atom stereocenters. The highest BCUT2D eigenvalue weighted by atomic mass is 35.5. The number of nitro groups is 1. The number of ether oxygens (including phenoxy) is 1. The molecule has 1 amide bonds. The van der Waals surface area contributed by atoms with Crippen LogP contribution in [0.4, 0.5) is 10.8 Å². The Bertz CT molecular complexity index is 1050. The number of benzene rings is 2. The SMILES string of the molecule is COc1ccc(-c2csc(NC(=O)/C=C/c3ccc(Cl)c([N+](=O)[O-])c3)n2)cc1. The topological polar surface area (TPSA) is 94.4 Å². The van der Waals surface area contributed by atoms with Crippen LogP contribution in [-0.4, -0.2) is 22.9 Å². The predicted octanol–water partition coefficient (Wildman–Crippen LogP) is 5.03. The number of rotatable bonds is 6. The van der Waals surface area contributed by atoms with Crippen molar-refractivity contribution in [1.29, 1.82) is 0 Å². The van der Waals surface area contributed by atoms with Gasteiger partial charge in [-0.1, -0.05) is 17.7 Å². The third-order valence-electron chi connectivity index (χ3n) is 3.71. The van der Waals surface area contributed by atoms with Gasteiger partial charge in [-0.05, 0) is 42.0 Å². The first-order chi connectivity index (χ1) is 13.5. The highest BCUT2D eigenvalue weighted by Gasteiger charge is 2.12. The largest absolute Gasteiger partial charge is 0.497 e. The fourth-order valence-electron chi connectivity index (χ4n) is 2.32. The quantitative estimate of drug-likeness (QED) is 0.346. The molecule has 3 rings (SSSR count).